The summed E-state index contributed by atoms with van der Waals surface area (Å²) in [7, 11) is 4.65. The van der Waals surface area contributed by atoms with E-state index in [1.54, 1.807) is 64.8 Å². The third-order valence-electron chi connectivity index (χ3n) is 4.11. The lowest BCUT2D eigenvalue weighted by Gasteiger charge is -2.14. The zero-order chi connectivity index (χ0) is 20.1. The van der Waals surface area contributed by atoms with E-state index in [-0.39, 0.29) is 5.75 Å². The molecular weight excluding hydrogens is 363 g/mol. The molecule has 0 aliphatic carbocycles. The number of ether oxygens (including phenoxy) is 4. The first-order chi connectivity index (χ1) is 13.6. The lowest BCUT2D eigenvalue weighted by Crippen LogP contribution is -1.98. The van der Waals surface area contributed by atoms with Gasteiger partial charge in [-0.15, -0.1) is 0 Å². The summed E-state index contributed by atoms with van der Waals surface area (Å²) in [6.45, 7) is 2.20. The second-order valence-corrected chi connectivity index (χ2v) is 5.76. The monoisotopic (exact) mass is 384 g/mol. The Labute approximate surface area is 162 Å². The largest absolute Gasteiger partial charge is 0.493 e. The van der Waals surface area contributed by atoms with Crippen molar-refractivity contribution in [3.8, 4) is 45.6 Å². The third kappa shape index (κ3) is 3.83. The van der Waals surface area contributed by atoms with Crippen molar-refractivity contribution in [3.05, 3.63) is 48.4 Å². The summed E-state index contributed by atoms with van der Waals surface area (Å²) in [5.74, 6) is 1.67. The van der Waals surface area contributed by atoms with Crippen molar-refractivity contribution >= 4 is 0 Å². The molecule has 0 saturated heterocycles. The molecule has 0 atom stereocenters. The molecule has 0 aliphatic rings. The molecule has 3 aromatic rings. The van der Waals surface area contributed by atoms with Gasteiger partial charge in [0.2, 0.25) is 5.75 Å². The van der Waals surface area contributed by atoms with Gasteiger partial charge in [-0.3, -0.25) is 0 Å². The molecule has 2 aromatic carbocycles. The number of nitrogens with zero attached hydrogens (tertiary/aromatic N) is 2. The molecular formula is C21H21FN2O4. The molecule has 0 saturated carbocycles. The van der Waals surface area contributed by atoms with Crippen molar-refractivity contribution in [2.24, 2.45) is 0 Å². The van der Waals surface area contributed by atoms with Crippen molar-refractivity contribution in [3.63, 3.8) is 0 Å². The van der Waals surface area contributed by atoms with Crippen molar-refractivity contribution in [1.82, 2.24) is 9.97 Å². The van der Waals surface area contributed by atoms with Crippen molar-refractivity contribution < 1.29 is 23.3 Å². The minimum Gasteiger partial charge on any atom is -0.493 e. The van der Waals surface area contributed by atoms with Gasteiger partial charge in [-0.2, -0.15) is 0 Å². The number of benzene rings is 2. The van der Waals surface area contributed by atoms with Crippen molar-refractivity contribution in [2.75, 3.05) is 27.9 Å². The second kappa shape index (κ2) is 8.56. The average molecular weight is 384 g/mol. The fraction of sp³-hybridized carbons (Fsp3) is 0.238. The second-order valence-electron chi connectivity index (χ2n) is 5.76. The number of halogens is 1. The van der Waals surface area contributed by atoms with E-state index in [0.29, 0.717) is 40.9 Å². The first kappa shape index (κ1) is 19.4. The molecule has 1 aromatic heterocycles. The number of hydrogen-bond acceptors (Lipinski definition) is 6. The maximum absolute atomic E-state index is 14.2. The highest BCUT2D eigenvalue weighted by atomic mass is 19.1. The van der Waals surface area contributed by atoms with Gasteiger partial charge in [-0.25, -0.2) is 14.4 Å². The Bertz CT molecular complexity index is 953. The Morgan fingerprint density at radius 1 is 0.857 bits per heavy atom. The van der Waals surface area contributed by atoms with Gasteiger partial charge in [-0.1, -0.05) is 0 Å². The van der Waals surface area contributed by atoms with Gasteiger partial charge in [0, 0.05) is 17.3 Å². The topological polar surface area (TPSA) is 62.7 Å². The Kier molecular flexibility index (Phi) is 5.93. The van der Waals surface area contributed by atoms with Crippen LogP contribution < -0.4 is 18.9 Å². The predicted molar refractivity (Wildman–Crippen MR) is 104 cm³/mol. The fourth-order valence-corrected chi connectivity index (χ4v) is 2.80. The number of hydrogen-bond donors (Lipinski definition) is 0. The molecule has 0 N–H and O–H groups in total. The molecule has 3 rings (SSSR count). The van der Waals surface area contributed by atoms with Crippen LogP contribution in [0.25, 0.3) is 22.6 Å². The summed E-state index contributed by atoms with van der Waals surface area (Å²) in [5, 5.41) is 0. The maximum atomic E-state index is 14.2. The van der Waals surface area contributed by atoms with Crippen molar-refractivity contribution in [2.45, 2.75) is 6.92 Å². The van der Waals surface area contributed by atoms with Gasteiger partial charge in [0.15, 0.2) is 28.9 Å². The van der Waals surface area contributed by atoms with Crippen LogP contribution in [-0.4, -0.2) is 37.9 Å². The standard InChI is InChI=1S/C21H21FN2O4/c1-5-28-17-7-6-13(10-15(17)22)21-23-9-8-16(24-21)14-11-18(25-2)20(27-4)19(12-14)26-3/h6-12H,5H2,1-4H3. The van der Waals surface area contributed by atoms with E-state index in [9.17, 15) is 4.39 Å². The van der Waals surface area contributed by atoms with E-state index in [1.807, 2.05) is 0 Å². The van der Waals surface area contributed by atoms with Gasteiger partial charge in [0.1, 0.15) is 0 Å². The summed E-state index contributed by atoms with van der Waals surface area (Å²) >= 11 is 0. The zero-order valence-corrected chi connectivity index (χ0v) is 16.2. The van der Waals surface area contributed by atoms with Crippen LogP contribution in [0.1, 0.15) is 6.92 Å². The van der Waals surface area contributed by atoms with Crippen LogP contribution in [0, 0.1) is 5.82 Å². The Hall–Kier alpha value is -3.35. The fourth-order valence-electron chi connectivity index (χ4n) is 2.80. The molecule has 7 heteroatoms. The smallest absolute Gasteiger partial charge is 0.203 e. The Morgan fingerprint density at radius 2 is 1.57 bits per heavy atom. The molecule has 0 radical (unpaired) electrons. The Morgan fingerprint density at radius 3 is 2.14 bits per heavy atom. The normalized spacial score (nSPS) is 10.5. The minimum atomic E-state index is -0.457. The van der Waals surface area contributed by atoms with Gasteiger partial charge < -0.3 is 18.9 Å². The number of rotatable bonds is 7. The molecule has 28 heavy (non-hydrogen) atoms. The average Bonchev–Trinajstić information content (AvgIpc) is 2.74. The highest BCUT2D eigenvalue weighted by Crippen LogP contribution is 2.41. The minimum absolute atomic E-state index is 0.201. The van der Waals surface area contributed by atoms with Crippen LogP contribution in [0.3, 0.4) is 0 Å². The quantitative estimate of drug-likeness (QED) is 0.603. The molecule has 0 aliphatic heterocycles. The Balaban J connectivity index is 2.03. The summed E-state index contributed by atoms with van der Waals surface area (Å²) in [5.41, 5.74) is 1.94. The molecule has 0 bridgehead atoms. The van der Waals surface area contributed by atoms with E-state index in [1.165, 1.54) is 6.07 Å². The summed E-state index contributed by atoms with van der Waals surface area (Å²) < 4.78 is 35.6. The molecule has 0 spiro atoms. The molecule has 0 fully saturated rings. The van der Waals surface area contributed by atoms with Crippen molar-refractivity contribution in [1.29, 1.82) is 0 Å². The van der Waals surface area contributed by atoms with Crippen LogP contribution in [0.15, 0.2) is 42.6 Å². The summed E-state index contributed by atoms with van der Waals surface area (Å²) in [4.78, 5) is 8.83. The molecule has 6 nitrogen and oxygen atoms in total. The molecule has 0 unspecified atom stereocenters. The van der Waals surface area contributed by atoms with E-state index in [0.717, 1.165) is 5.56 Å². The van der Waals surface area contributed by atoms with E-state index in [2.05, 4.69) is 9.97 Å². The van der Waals surface area contributed by atoms with Gasteiger partial charge in [-0.05, 0) is 43.3 Å². The van der Waals surface area contributed by atoms with Crippen LogP contribution in [0.4, 0.5) is 4.39 Å². The van der Waals surface area contributed by atoms with E-state index in [4.69, 9.17) is 18.9 Å². The molecule has 1 heterocycles. The third-order valence-corrected chi connectivity index (χ3v) is 4.11. The lowest BCUT2D eigenvalue weighted by atomic mass is 10.1. The van der Waals surface area contributed by atoms with E-state index < -0.39 is 5.82 Å². The number of methoxy groups -OCH3 is 3. The van der Waals surface area contributed by atoms with Crippen LogP contribution in [0.5, 0.6) is 23.0 Å². The van der Waals surface area contributed by atoms with Crippen LogP contribution in [-0.2, 0) is 0 Å². The zero-order valence-electron chi connectivity index (χ0n) is 16.2. The predicted octanol–water partition coefficient (Wildman–Crippen LogP) is 4.37. The van der Waals surface area contributed by atoms with Gasteiger partial charge in [0.25, 0.3) is 0 Å². The molecule has 0 amide bonds. The molecule has 146 valence electrons. The van der Waals surface area contributed by atoms with E-state index >= 15 is 0 Å². The van der Waals surface area contributed by atoms with Crippen LogP contribution in [0.2, 0.25) is 0 Å². The first-order valence-electron chi connectivity index (χ1n) is 8.67. The van der Waals surface area contributed by atoms with Gasteiger partial charge >= 0.3 is 0 Å². The van der Waals surface area contributed by atoms with Gasteiger partial charge in [0.05, 0.1) is 33.6 Å². The maximum Gasteiger partial charge on any atom is 0.203 e. The highest BCUT2D eigenvalue weighted by Gasteiger charge is 2.16. The first-order valence-corrected chi connectivity index (χ1v) is 8.67. The van der Waals surface area contributed by atoms with Crippen LogP contribution >= 0.6 is 0 Å². The number of aromatic nitrogens is 2. The highest BCUT2D eigenvalue weighted by molar-refractivity contribution is 5.70. The SMILES string of the molecule is CCOc1ccc(-c2nccc(-c3cc(OC)c(OC)c(OC)c3)n2)cc1F. The lowest BCUT2D eigenvalue weighted by molar-refractivity contribution is 0.321. The summed E-state index contributed by atoms with van der Waals surface area (Å²) in [6.07, 6.45) is 1.62. The summed E-state index contributed by atoms with van der Waals surface area (Å²) in [6, 6.07) is 10.0.